The number of rotatable bonds is 6. The fourth-order valence-corrected chi connectivity index (χ4v) is 3.78. The van der Waals surface area contributed by atoms with Gasteiger partial charge in [0.1, 0.15) is 6.33 Å². The molecular weight excluding hydrogens is 476 g/mol. The van der Waals surface area contributed by atoms with Crippen LogP contribution in [-0.2, 0) is 17.8 Å². The van der Waals surface area contributed by atoms with Crippen LogP contribution in [0, 0.1) is 0 Å². The number of hydrogen-bond donors (Lipinski definition) is 4. The van der Waals surface area contributed by atoms with Crippen LogP contribution in [-0.4, -0.2) is 40.0 Å². The minimum atomic E-state index is -0.758. The summed E-state index contributed by atoms with van der Waals surface area (Å²) in [7, 11) is 0. The van der Waals surface area contributed by atoms with Crippen LogP contribution in [0.15, 0.2) is 53.3 Å². The van der Waals surface area contributed by atoms with Crippen LogP contribution in [0.5, 0.6) is 0 Å². The van der Waals surface area contributed by atoms with Gasteiger partial charge >= 0.3 is 6.03 Å². The average molecular weight is 497 g/mol. The summed E-state index contributed by atoms with van der Waals surface area (Å²) in [6.45, 7) is 1.33. The predicted molar refractivity (Wildman–Crippen MR) is 125 cm³/mol. The number of carbonyl (C=O) groups is 2. The number of primary amides is 1. The first-order chi connectivity index (χ1) is 15.5. The number of benzene rings is 2. The largest absolute Gasteiger partial charge is 0.352 e. The van der Waals surface area contributed by atoms with Crippen LogP contribution in [0.1, 0.15) is 11.1 Å². The molecule has 0 unspecified atom stereocenters. The molecule has 1 aliphatic rings. The van der Waals surface area contributed by atoms with Crippen molar-refractivity contribution in [2.75, 3.05) is 28.6 Å². The van der Waals surface area contributed by atoms with Gasteiger partial charge in [0.2, 0.25) is 17.8 Å². The van der Waals surface area contributed by atoms with E-state index in [1.165, 1.54) is 17.5 Å². The van der Waals surface area contributed by atoms with Crippen molar-refractivity contribution < 1.29 is 9.59 Å². The van der Waals surface area contributed by atoms with Crippen LogP contribution in [0.3, 0.4) is 0 Å². The van der Waals surface area contributed by atoms with Crippen molar-refractivity contribution in [2.45, 2.75) is 13.0 Å². The molecule has 10 nitrogen and oxygen atoms in total. The van der Waals surface area contributed by atoms with Gasteiger partial charge in [-0.2, -0.15) is 4.98 Å². The van der Waals surface area contributed by atoms with Gasteiger partial charge in [-0.25, -0.2) is 14.8 Å². The molecule has 32 heavy (non-hydrogen) atoms. The maximum absolute atomic E-state index is 11.9. The molecule has 1 aromatic heterocycles. The molecule has 3 amide bonds. The van der Waals surface area contributed by atoms with E-state index in [1.54, 1.807) is 18.2 Å². The second-order valence-electron chi connectivity index (χ2n) is 7.17. The number of anilines is 4. The summed E-state index contributed by atoms with van der Waals surface area (Å²) in [5.74, 6) is 0.606. The molecule has 0 fully saturated rings. The zero-order valence-electron chi connectivity index (χ0n) is 17.0. The van der Waals surface area contributed by atoms with Crippen LogP contribution >= 0.6 is 15.9 Å². The monoisotopic (exact) mass is 496 g/mol. The van der Waals surface area contributed by atoms with Crippen LogP contribution in [0.4, 0.5) is 28.1 Å². The maximum Gasteiger partial charge on any atom is 0.312 e. The normalized spacial score (nSPS) is 12.6. The highest BCUT2D eigenvalue weighted by Crippen LogP contribution is 2.25. The number of hydrogen-bond acceptors (Lipinski definition) is 7. The summed E-state index contributed by atoms with van der Waals surface area (Å²) in [6.07, 6.45) is 2.39. The predicted octanol–water partition coefficient (Wildman–Crippen LogP) is 2.55. The molecule has 2 aromatic carbocycles. The van der Waals surface area contributed by atoms with E-state index in [0.29, 0.717) is 23.3 Å². The van der Waals surface area contributed by atoms with Crippen molar-refractivity contribution in [3.63, 3.8) is 0 Å². The summed E-state index contributed by atoms with van der Waals surface area (Å²) in [5, 5.41) is 8.07. The van der Waals surface area contributed by atoms with Crippen LogP contribution in [0.2, 0.25) is 0 Å². The Hall–Kier alpha value is -3.73. The van der Waals surface area contributed by atoms with Gasteiger partial charge in [-0.1, -0.05) is 28.1 Å². The van der Waals surface area contributed by atoms with E-state index >= 15 is 0 Å². The summed E-state index contributed by atoms with van der Waals surface area (Å²) in [4.78, 5) is 37.8. The minimum Gasteiger partial charge on any atom is -0.352 e. The Bertz CT molecular complexity index is 1160. The van der Waals surface area contributed by atoms with Crippen LogP contribution < -0.4 is 26.6 Å². The van der Waals surface area contributed by atoms with Gasteiger partial charge in [-0.05, 0) is 47.9 Å². The molecule has 4 rings (SSSR count). The third kappa shape index (κ3) is 5.49. The van der Waals surface area contributed by atoms with E-state index in [4.69, 9.17) is 5.73 Å². The topological polar surface area (TPSA) is 138 Å². The lowest BCUT2D eigenvalue weighted by molar-refractivity contribution is -0.115. The molecule has 0 atom stereocenters. The molecule has 164 valence electrons. The summed E-state index contributed by atoms with van der Waals surface area (Å²) in [6, 6.07) is 12.6. The number of nitrogens with two attached hydrogens (primary N) is 1. The van der Waals surface area contributed by atoms with E-state index in [9.17, 15) is 9.59 Å². The molecule has 0 spiro atoms. The Morgan fingerprint density at radius 1 is 1.09 bits per heavy atom. The van der Waals surface area contributed by atoms with Gasteiger partial charge in [0.25, 0.3) is 0 Å². The lowest BCUT2D eigenvalue weighted by Crippen LogP contribution is -2.36. The fraction of sp³-hybridized carbons (Fsp3) is 0.190. The van der Waals surface area contributed by atoms with Gasteiger partial charge in [0.05, 0.1) is 6.54 Å². The molecule has 1 aliphatic heterocycles. The lowest BCUT2D eigenvalue weighted by Gasteiger charge is -2.29. The smallest absolute Gasteiger partial charge is 0.312 e. The van der Waals surface area contributed by atoms with Crippen molar-refractivity contribution >= 4 is 51.1 Å². The van der Waals surface area contributed by atoms with E-state index in [1.807, 2.05) is 12.1 Å². The van der Waals surface area contributed by atoms with Crippen molar-refractivity contribution in [3.05, 3.63) is 64.4 Å². The van der Waals surface area contributed by atoms with E-state index in [0.717, 1.165) is 24.0 Å². The number of urea groups is 1. The third-order valence-electron chi connectivity index (χ3n) is 4.85. The SMILES string of the molecule is NC(=O)NCC(=O)Nc1cccc(Nc2ncnc(N3CCc4cc(Br)ccc4C3)n2)c1. The molecule has 2 heterocycles. The molecule has 11 heteroatoms. The number of fused-ring (bicyclic) bond motifs is 1. The summed E-state index contributed by atoms with van der Waals surface area (Å²) < 4.78 is 1.08. The number of aromatic nitrogens is 3. The molecule has 5 N–H and O–H groups in total. The Kier molecular flexibility index (Phi) is 6.45. The number of nitrogens with one attached hydrogen (secondary N) is 3. The van der Waals surface area contributed by atoms with Crippen molar-refractivity contribution in [2.24, 2.45) is 5.73 Å². The summed E-state index contributed by atoms with van der Waals surface area (Å²) >= 11 is 3.52. The standard InChI is InChI=1S/C21H21BrN8O2/c22-15-5-4-14-11-30(7-6-13(14)8-15)21-26-12-25-20(29-21)28-17-3-1-2-16(9-17)27-18(31)10-24-19(23)32/h1-5,8-9,12H,6-7,10-11H2,(H,27,31)(H3,23,24,32)(H,25,26,28,29). The lowest BCUT2D eigenvalue weighted by atomic mass is 10.0. The van der Waals surface area contributed by atoms with Gasteiger partial charge in [-0.3, -0.25) is 4.79 Å². The second-order valence-corrected chi connectivity index (χ2v) is 8.08. The highest BCUT2D eigenvalue weighted by molar-refractivity contribution is 9.10. The van der Waals surface area contributed by atoms with E-state index < -0.39 is 6.03 Å². The quantitative estimate of drug-likeness (QED) is 0.411. The van der Waals surface area contributed by atoms with Gasteiger partial charge < -0.3 is 26.6 Å². The zero-order valence-corrected chi connectivity index (χ0v) is 18.6. The second kappa shape index (κ2) is 9.60. The summed E-state index contributed by atoms with van der Waals surface area (Å²) in [5.41, 5.74) is 8.80. The fourth-order valence-electron chi connectivity index (χ4n) is 3.37. The average Bonchev–Trinajstić information content (AvgIpc) is 2.78. The number of halogens is 1. The number of amides is 3. The Balaban J connectivity index is 1.43. The molecule has 0 saturated carbocycles. The van der Waals surface area contributed by atoms with Gasteiger partial charge in [-0.15, -0.1) is 0 Å². The molecule has 3 aromatic rings. The molecule has 0 saturated heterocycles. The van der Waals surface area contributed by atoms with E-state index in [-0.39, 0.29) is 12.5 Å². The molecule has 0 aliphatic carbocycles. The number of carbonyl (C=O) groups excluding carboxylic acids is 2. The maximum atomic E-state index is 11.9. The molecule has 0 radical (unpaired) electrons. The Morgan fingerprint density at radius 3 is 2.78 bits per heavy atom. The zero-order chi connectivity index (χ0) is 22.5. The number of nitrogens with zero attached hydrogens (tertiary/aromatic N) is 4. The molecule has 0 bridgehead atoms. The van der Waals surface area contributed by atoms with Gasteiger partial charge in [0, 0.05) is 28.9 Å². The van der Waals surface area contributed by atoms with Crippen LogP contribution in [0.25, 0.3) is 0 Å². The highest BCUT2D eigenvalue weighted by atomic mass is 79.9. The van der Waals surface area contributed by atoms with Gasteiger partial charge in [0.15, 0.2) is 0 Å². The van der Waals surface area contributed by atoms with E-state index in [2.05, 4.69) is 63.9 Å². The highest BCUT2D eigenvalue weighted by Gasteiger charge is 2.19. The third-order valence-corrected chi connectivity index (χ3v) is 5.34. The first-order valence-corrected chi connectivity index (χ1v) is 10.7. The minimum absolute atomic E-state index is 0.209. The first-order valence-electron chi connectivity index (χ1n) is 9.88. The molecular formula is C21H21BrN8O2. The first kappa shape index (κ1) is 21.5. The van der Waals surface area contributed by atoms with Crippen molar-refractivity contribution in [1.29, 1.82) is 0 Å². The Morgan fingerprint density at radius 2 is 1.94 bits per heavy atom. The van der Waals surface area contributed by atoms with Crippen molar-refractivity contribution in [3.8, 4) is 0 Å². The Labute approximate surface area is 192 Å². The van der Waals surface area contributed by atoms with Crippen molar-refractivity contribution in [1.82, 2.24) is 20.3 Å².